The first kappa shape index (κ1) is 23.4. The Kier molecular flexibility index (Phi) is 6.24. The zero-order chi connectivity index (χ0) is 24.6. The maximum atomic E-state index is 13.4. The SMILES string of the molecule is C#CCn1c(=NC(=O)c2ccc(S(=O)(=O)N3CCCc4ccccc43)cc2)sc2cc(Cl)ccc21. The Balaban J connectivity index is 1.47. The average Bonchev–Trinajstić information content (AvgIpc) is 3.19. The molecule has 1 amide bonds. The van der Waals surface area contributed by atoms with E-state index in [1.165, 1.54) is 39.9 Å². The molecule has 3 aromatic carbocycles. The fourth-order valence-corrected chi connectivity index (χ4v) is 7.02. The number of rotatable bonds is 4. The third kappa shape index (κ3) is 4.39. The number of nitrogens with zero attached hydrogens (tertiary/aromatic N) is 3. The van der Waals surface area contributed by atoms with Gasteiger partial charge in [0.2, 0.25) is 0 Å². The van der Waals surface area contributed by atoms with Crippen molar-refractivity contribution in [3.8, 4) is 12.3 Å². The van der Waals surface area contributed by atoms with Gasteiger partial charge in [-0.2, -0.15) is 4.99 Å². The Morgan fingerprint density at radius 1 is 1.11 bits per heavy atom. The standard InChI is InChI=1S/C26H20ClN3O3S2/c1-2-15-29-23-14-11-20(27)17-24(23)34-26(29)28-25(31)19-9-12-21(13-10-19)35(32,33)30-16-5-7-18-6-3-4-8-22(18)30/h1,3-4,6,8-14,17H,5,7,15-16H2. The highest BCUT2D eigenvalue weighted by Gasteiger charge is 2.29. The smallest absolute Gasteiger partial charge is 0.279 e. The van der Waals surface area contributed by atoms with Crippen LogP contribution in [0.1, 0.15) is 22.3 Å². The minimum atomic E-state index is -3.76. The lowest BCUT2D eigenvalue weighted by Crippen LogP contribution is -2.35. The van der Waals surface area contributed by atoms with Gasteiger partial charge in [-0.15, -0.1) is 6.42 Å². The Morgan fingerprint density at radius 3 is 2.66 bits per heavy atom. The van der Waals surface area contributed by atoms with Gasteiger partial charge in [-0.25, -0.2) is 8.42 Å². The van der Waals surface area contributed by atoms with Crippen molar-refractivity contribution in [1.82, 2.24) is 4.57 Å². The molecule has 35 heavy (non-hydrogen) atoms. The van der Waals surface area contributed by atoms with Crippen LogP contribution in [0.2, 0.25) is 5.02 Å². The number of sulfonamides is 1. The molecule has 1 aliphatic heterocycles. The van der Waals surface area contributed by atoms with E-state index >= 15 is 0 Å². The molecule has 6 nitrogen and oxygen atoms in total. The second-order valence-corrected chi connectivity index (χ2v) is 11.3. The largest absolute Gasteiger partial charge is 0.305 e. The van der Waals surface area contributed by atoms with E-state index in [1.54, 1.807) is 16.7 Å². The fraction of sp³-hybridized carbons (Fsp3) is 0.154. The van der Waals surface area contributed by atoms with E-state index in [1.807, 2.05) is 30.3 Å². The molecular formula is C26H20ClN3O3S2. The molecule has 4 aromatic rings. The van der Waals surface area contributed by atoms with Gasteiger partial charge in [-0.3, -0.25) is 9.10 Å². The van der Waals surface area contributed by atoms with Gasteiger partial charge in [0.15, 0.2) is 4.80 Å². The summed E-state index contributed by atoms with van der Waals surface area (Å²) in [4.78, 5) is 17.8. The van der Waals surface area contributed by atoms with Gasteiger partial charge in [0.25, 0.3) is 15.9 Å². The van der Waals surface area contributed by atoms with Crippen molar-refractivity contribution in [3.63, 3.8) is 0 Å². The summed E-state index contributed by atoms with van der Waals surface area (Å²) in [5.41, 5.74) is 2.84. The number of carbonyl (C=O) groups excluding carboxylic acids is 1. The van der Waals surface area contributed by atoms with Crippen LogP contribution in [0.5, 0.6) is 0 Å². The molecule has 9 heteroatoms. The molecule has 2 heterocycles. The molecule has 1 aliphatic rings. The molecule has 176 valence electrons. The molecule has 0 spiro atoms. The Labute approximate surface area is 212 Å². The van der Waals surface area contributed by atoms with Crippen molar-refractivity contribution in [2.45, 2.75) is 24.3 Å². The minimum absolute atomic E-state index is 0.129. The molecule has 0 N–H and O–H groups in total. The summed E-state index contributed by atoms with van der Waals surface area (Å²) in [7, 11) is -3.76. The zero-order valence-electron chi connectivity index (χ0n) is 18.5. The van der Waals surface area contributed by atoms with Crippen LogP contribution in [0, 0.1) is 12.3 Å². The van der Waals surface area contributed by atoms with Gasteiger partial charge in [-0.1, -0.05) is 47.1 Å². The van der Waals surface area contributed by atoms with Crippen LogP contribution in [-0.4, -0.2) is 25.4 Å². The minimum Gasteiger partial charge on any atom is -0.305 e. The van der Waals surface area contributed by atoms with Gasteiger partial charge >= 0.3 is 0 Å². The average molecular weight is 522 g/mol. The summed E-state index contributed by atoms with van der Waals surface area (Å²) >= 11 is 7.42. The zero-order valence-corrected chi connectivity index (χ0v) is 20.9. The Hall–Kier alpha value is -3.38. The predicted octanol–water partition coefficient (Wildman–Crippen LogP) is 4.87. The molecule has 0 atom stereocenters. The number of benzene rings is 3. The maximum absolute atomic E-state index is 13.4. The topological polar surface area (TPSA) is 71.7 Å². The molecule has 0 fully saturated rings. The van der Waals surface area contributed by atoms with Crippen LogP contribution in [0.25, 0.3) is 10.2 Å². The first-order chi connectivity index (χ1) is 16.9. The quantitative estimate of drug-likeness (QED) is 0.360. The fourth-order valence-electron chi connectivity index (χ4n) is 4.17. The highest BCUT2D eigenvalue weighted by atomic mass is 35.5. The van der Waals surface area contributed by atoms with Crippen LogP contribution in [0.15, 0.2) is 76.6 Å². The van der Waals surface area contributed by atoms with E-state index in [2.05, 4.69) is 10.9 Å². The highest BCUT2D eigenvalue weighted by Crippen LogP contribution is 2.32. The van der Waals surface area contributed by atoms with Crippen LogP contribution >= 0.6 is 22.9 Å². The number of aromatic nitrogens is 1. The van der Waals surface area contributed by atoms with Gasteiger partial charge in [0.05, 0.1) is 27.3 Å². The van der Waals surface area contributed by atoms with Crippen molar-refractivity contribution in [3.05, 3.63) is 87.7 Å². The molecule has 0 aliphatic carbocycles. The number of amides is 1. The van der Waals surface area contributed by atoms with E-state index in [0.29, 0.717) is 22.1 Å². The number of aryl methyl sites for hydroxylation is 1. The molecule has 1 aromatic heterocycles. The van der Waals surface area contributed by atoms with Gasteiger partial charge in [-0.05, 0) is 66.9 Å². The number of hydrogen-bond acceptors (Lipinski definition) is 4. The van der Waals surface area contributed by atoms with E-state index in [-0.39, 0.29) is 17.0 Å². The number of hydrogen-bond donors (Lipinski definition) is 0. The summed E-state index contributed by atoms with van der Waals surface area (Å²) in [6.45, 7) is 0.669. The van der Waals surface area contributed by atoms with Crippen LogP contribution in [-0.2, 0) is 23.0 Å². The molecule has 0 saturated heterocycles. The van der Waals surface area contributed by atoms with E-state index in [0.717, 1.165) is 28.6 Å². The summed E-state index contributed by atoms with van der Waals surface area (Å²) in [5, 5.41) is 0.581. The highest BCUT2D eigenvalue weighted by molar-refractivity contribution is 7.92. The predicted molar refractivity (Wildman–Crippen MR) is 139 cm³/mol. The lowest BCUT2D eigenvalue weighted by Gasteiger charge is -2.30. The van der Waals surface area contributed by atoms with Gasteiger partial charge in [0, 0.05) is 17.1 Å². The summed E-state index contributed by atoms with van der Waals surface area (Å²) in [5.74, 6) is 2.10. The van der Waals surface area contributed by atoms with Gasteiger partial charge < -0.3 is 4.57 Å². The summed E-state index contributed by atoms with van der Waals surface area (Å²) in [6.07, 6.45) is 7.12. The second kappa shape index (κ2) is 9.34. The lowest BCUT2D eigenvalue weighted by atomic mass is 10.0. The third-order valence-corrected chi connectivity index (χ3v) is 8.95. The summed E-state index contributed by atoms with van der Waals surface area (Å²) in [6, 6.07) is 18.8. The first-order valence-corrected chi connectivity index (χ1v) is 13.5. The number of anilines is 1. The number of terminal acetylenes is 1. The van der Waals surface area contributed by atoms with Crippen molar-refractivity contribution in [2.75, 3.05) is 10.8 Å². The molecule has 5 rings (SSSR count). The van der Waals surface area contributed by atoms with Crippen molar-refractivity contribution in [1.29, 1.82) is 0 Å². The van der Waals surface area contributed by atoms with E-state index < -0.39 is 15.9 Å². The normalized spacial score (nSPS) is 14.1. The van der Waals surface area contributed by atoms with Crippen molar-refractivity contribution in [2.24, 2.45) is 4.99 Å². The Bertz CT molecular complexity index is 1660. The number of carbonyl (C=O) groups is 1. The number of para-hydroxylation sites is 1. The van der Waals surface area contributed by atoms with Gasteiger partial charge in [0.1, 0.15) is 0 Å². The number of thiazole rings is 1. The monoisotopic (exact) mass is 521 g/mol. The summed E-state index contributed by atoms with van der Waals surface area (Å²) < 4.78 is 30.8. The van der Waals surface area contributed by atoms with Crippen LogP contribution in [0.4, 0.5) is 5.69 Å². The second-order valence-electron chi connectivity index (χ2n) is 8.04. The van der Waals surface area contributed by atoms with Crippen LogP contribution < -0.4 is 9.11 Å². The van der Waals surface area contributed by atoms with E-state index in [9.17, 15) is 13.2 Å². The third-order valence-electron chi connectivity index (χ3n) is 5.85. The molecule has 0 bridgehead atoms. The molecule has 0 radical (unpaired) electrons. The lowest BCUT2D eigenvalue weighted by molar-refractivity contribution is 0.0998. The van der Waals surface area contributed by atoms with Crippen LogP contribution in [0.3, 0.4) is 0 Å². The number of halogens is 1. The van der Waals surface area contributed by atoms with Crippen molar-refractivity contribution < 1.29 is 13.2 Å². The van der Waals surface area contributed by atoms with Crippen molar-refractivity contribution >= 4 is 54.8 Å². The first-order valence-electron chi connectivity index (χ1n) is 10.9. The molecule has 0 saturated carbocycles. The molecule has 0 unspecified atom stereocenters. The Morgan fingerprint density at radius 2 is 1.89 bits per heavy atom. The maximum Gasteiger partial charge on any atom is 0.279 e. The van der Waals surface area contributed by atoms with E-state index in [4.69, 9.17) is 18.0 Å². The molecular weight excluding hydrogens is 502 g/mol. The number of fused-ring (bicyclic) bond motifs is 2.